The zero-order chi connectivity index (χ0) is 18.5. The number of nitrogens with zero attached hydrogens (tertiary/aromatic N) is 3. The van der Waals surface area contributed by atoms with Crippen molar-refractivity contribution in [1.82, 2.24) is 20.3 Å². The summed E-state index contributed by atoms with van der Waals surface area (Å²) in [6.07, 6.45) is 8.30. The molecule has 6 nitrogen and oxygen atoms in total. The van der Waals surface area contributed by atoms with Crippen LogP contribution in [0, 0.1) is 5.92 Å². The molecule has 3 heterocycles. The minimum atomic E-state index is -0.158. The Morgan fingerprint density at radius 2 is 1.89 bits per heavy atom. The monoisotopic (exact) mass is 360 g/mol. The predicted molar refractivity (Wildman–Crippen MR) is 101 cm³/mol. The highest BCUT2D eigenvalue weighted by atomic mass is 16.5. The molecule has 6 heteroatoms. The second kappa shape index (κ2) is 7.95. The largest absolute Gasteiger partial charge is 0.493 e. The first kappa shape index (κ1) is 17.1. The van der Waals surface area contributed by atoms with Gasteiger partial charge in [0, 0.05) is 36.9 Å². The van der Waals surface area contributed by atoms with Crippen molar-refractivity contribution in [3.63, 3.8) is 0 Å². The van der Waals surface area contributed by atoms with E-state index >= 15 is 0 Å². The third-order valence-corrected chi connectivity index (χ3v) is 4.67. The number of para-hydroxylation sites is 1. The lowest BCUT2D eigenvalue weighted by Gasteiger charge is -2.14. The molecule has 1 aromatic carbocycles. The van der Waals surface area contributed by atoms with Crippen molar-refractivity contribution in [3.8, 4) is 17.1 Å². The van der Waals surface area contributed by atoms with Crippen LogP contribution < -0.4 is 10.1 Å². The van der Waals surface area contributed by atoms with Gasteiger partial charge in [-0.1, -0.05) is 18.2 Å². The second-order valence-corrected chi connectivity index (χ2v) is 6.56. The van der Waals surface area contributed by atoms with Crippen LogP contribution in [-0.2, 0) is 6.42 Å². The summed E-state index contributed by atoms with van der Waals surface area (Å²) in [7, 11) is 0. The molecule has 0 fully saturated rings. The third kappa shape index (κ3) is 4.11. The Hall–Kier alpha value is -3.28. The number of rotatable bonds is 4. The number of amides is 1. The van der Waals surface area contributed by atoms with Crippen LogP contribution >= 0.6 is 0 Å². The number of aromatic nitrogens is 3. The average Bonchev–Trinajstić information content (AvgIpc) is 2.95. The summed E-state index contributed by atoms with van der Waals surface area (Å²) in [5.74, 6) is 1.71. The van der Waals surface area contributed by atoms with Gasteiger partial charge in [0.05, 0.1) is 12.2 Å². The first-order valence-electron chi connectivity index (χ1n) is 9.01. The zero-order valence-electron chi connectivity index (χ0n) is 14.8. The predicted octanol–water partition coefficient (Wildman–Crippen LogP) is 2.91. The Kier molecular flexibility index (Phi) is 5.05. The molecule has 1 aliphatic rings. The summed E-state index contributed by atoms with van der Waals surface area (Å²) in [4.78, 5) is 25.0. The van der Waals surface area contributed by atoms with Crippen LogP contribution in [-0.4, -0.2) is 34.0 Å². The quantitative estimate of drug-likeness (QED) is 0.774. The normalized spacial score (nSPS) is 15.9. The second-order valence-electron chi connectivity index (χ2n) is 6.56. The van der Waals surface area contributed by atoms with Gasteiger partial charge in [-0.25, -0.2) is 9.97 Å². The van der Waals surface area contributed by atoms with E-state index < -0.39 is 0 Å². The van der Waals surface area contributed by atoms with Crippen molar-refractivity contribution in [3.05, 3.63) is 72.3 Å². The van der Waals surface area contributed by atoms with E-state index in [-0.39, 0.29) is 5.91 Å². The molecule has 2 aromatic heterocycles. The van der Waals surface area contributed by atoms with E-state index in [9.17, 15) is 4.79 Å². The molecule has 1 N–H and O–H groups in total. The van der Waals surface area contributed by atoms with E-state index in [4.69, 9.17) is 4.74 Å². The molecule has 4 rings (SSSR count). The van der Waals surface area contributed by atoms with Crippen LogP contribution in [0.5, 0.6) is 5.75 Å². The van der Waals surface area contributed by atoms with Gasteiger partial charge in [-0.15, -0.1) is 0 Å². The average molecular weight is 360 g/mol. The van der Waals surface area contributed by atoms with Crippen LogP contribution in [0.25, 0.3) is 11.4 Å². The highest BCUT2D eigenvalue weighted by molar-refractivity contribution is 5.93. The minimum absolute atomic E-state index is 0.158. The Morgan fingerprint density at radius 1 is 1.11 bits per heavy atom. The molecule has 1 amide bonds. The number of fused-ring (bicyclic) bond motifs is 1. The van der Waals surface area contributed by atoms with Gasteiger partial charge in [0.2, 0.25) is 0 Å². The maximum absolute atomic E-state index is 12.4. The Balaban J connectivity index is 1.37. The molecular formula is C21H20N4O2. The maximum atomic E-state index is 12.4. The summed E-state index contributed by atoms with van der Waals surface area (Å²) < 4.78 is 5.79. The standard InChI is InChI=1S/C21H20N4O2/c26-21(18-13-23-20(24-14-18)16-5-8-22-9-6-16)25-12-15-7-10-27-19-4-2-1-3-17(19)11-15/h1-6,8-9,13-15H,7,10-12H2,(H,25,26)/t15-/m0/s1. The van der Waals surface area contributed by atoms with E-state index in [0.29, 0.717) is 30.5 Å². The Labute approximate surface area is 157 Å². The van der Waals surface area contributed by atoms with Gasteiger partial charge in [0.15, 0.2) is 5.82 Å². The highest BCUT2D eigenvalue weighted by Gasteiger charge is 2.18. The molecule has 1 atom stereocenters. The molecule has 27 heavy (non-hydrogen) atoms. The van der Waals surface area contributed by atoms with Crippen molar-refractivity contribution in [1.29, 1.82) is 0 Å². The molecule has 0 radical (unpaired) electrons. The van der Waals surface area contributed by atoms with Crippen LogP contribution in [0.1, 0.15) is 22.3 Å². The summed E-state index contributed by atoms with van der Waals surface area (Å²) >= 11 is 0. The van der Waals surface area contributed by atoms with Crippen LogP contribution in [0.2, 0.25) is 0 Å². The number of ether oxygens (including phenoxy) is 1. The molecule has 0 unspecified atom stereocenters. The third-order valence-electron chi connectivity index (χ3n) is 4.67. The fourth-order valence-corrected chi connectivity index (χ4v) is 3.17. The van der Waals surface area contributed by atoms with Gasteiger partial charge in [-0.05, 0) is 42.5 Å². The van der Waals surface area contributed by atoms with Crippen molar-refractivity contribution in [2.45, 2.75) is 12.8 Å². The lowest BCUT2D eigenvalue weighted by molar-refractivity contribution is 0.0944. The fraction of sp³-hybridized carbons (Fsp3) is 0.238. The number of hydrogen-bond acceptors (Lipinski definition) is 5. The van der Waals surface area contributed by atoms with Crippen LogP contribution in [0.3, 0.4) is 0 Å². The van der Waals surface area contributed by atoms with Crippen molar-refractivity contribution in [2.24, 2.45) is 5.92 Å². The zero-order valence-corrected chi connectivity index (χ0v) is 14.8. The van der Waals surface area contributed by atoms with Crippen LogP contribution in [0.15, 0.2) is 61.2 Å². The van der Waals surface area contributed by atoms with E-state index in [1.165, 1.54) is 5.56 Å². The van der Waals surface area contributed by atoms with Gasteiger partial charge < -0.3 is 10.1 Å². The number of pyridine rings is 1. The molecule has 0 saturated heterocycles. The number of carbonyl (C=O) groups excluding carboxylic acids is 1. The number of nitrogens with one attached hydrogen (secondary N) is 1. The SMILES string of the molecule is O=C(NC[C@H]1CCOc2ccccc2C1)c1cnc(-c2ccncc2)nc1. The van der Waals surface area contributed by atoms with E-state index in [2.05, 4.69) is 26.3 Å². The van der Waals surface area contributed by atoms with Gasteiger partial charge in [0.1, 0.15) is 5.75 Å². The molecule has 1 aliphatic heterocycles. The van der Waals surface area contributed by atoms with Crippen molar-refractivity contribution >= 4 is 5.91 Å². The number of benzene rings is 1. The summed E-state index contributed by atoms with van der Waals surface area (Å²) in [6, 6.07) is 11.8. The fourth-order valence-electron chi connectivity index (χ4n) is 3.17. The smallest absolute Gasteiger partial charge is 0.254 e. The summed E-state index contributed by atoms with van der Waals surface area (Å²) in [5.41, 5.74) is 2.52. The van der Waals surface area contributed by atoms with Gasteiger partial charge in [0.25, 0.3) is 5.91 Å². The highest BCUT2D eigenvalue weighted by Crippen LogP contribution is 2.26. The molecule has 3 aromatic rings. The Morgan fingerprint density at radius 3 is 2.70 bits per heavy atom. The molecular weight excluding hydrogens is 340 g/mol. The first-order chi connectivity index (χ1) is 13.3. The van der Waals surface area contributed by atoms with E-state index in [0.717, 1.165) is 24.2 Å². The maximum Gasteiger partial charge on any atom is 0.254 e. The first-order valence-corrected chi connectivity index (χ1v) is 9.01. The minimum Gasteiger partial charge on any atom is -0.493 e. The van der Waals surface area contributed by atoms with Gasteiger partial charge >= 0.3 is 0 Å². The van der Waals surface area contributed by atoms with Gasteiger partial charge in [-0.3, -0.25) is 9.78 Å². The van der Waals surface area contributed by atoms with E-state index in [1.54, 1.807) is 24.8 Å². The van der Waals surface area contributed by atoms with E-state index in [1.807, 2.05) is 30.3 Å². The van der Waals surface area contributed by atoms with Crippen LogP contribution in [0.4, 0.5) is 0 Å². The molecule has 136 valence electrons. The molecule has 0 bridgehead atoms. The topological polar surface area (TPSA) is 77.0 Å². The number of hydrogen-bond donors (Lipinski definition) is 1. The lowest BCUT2D eigenvalue weighted by atomic mass is 9.97. The Bertz CT molecular complexity index is 913. The number of carbonyl (C=O) groups is 1. The van der Waals surface area contributed by atoms with Gasteiger partial charge in [-0.2, -0.15) is 0 Å². The van der Waals surface area contributed by atoms with Crippen molar-refractivity contribution < 1.29 is 9.53 Å². The molecule has 0 saturated carbocycles. The summed E-state index contributed by atoms with van der Waals surface area (Å²) in [5, 5.41) is 3.00. The molecule has 0 aliphatic carbocycles. The lowest BCUT2D eigenvalue weighted by Crippen LogP contribution is -2.30. The van der Waals surface area contributed by atoms with Crippen molar-refractivity contribution in [2.75, 3.05) is 13.2 Å². The summed E-state index contributed by atoms with van der Waals surface area (Å²) in [6.45, 7) is 1.27. The molecule has 0 spiro atoms.